The number of aromatic nitrogens is 1. The van der Waals surface area contributed by atoms with Crippen LogP contribution >= 0.6 is 0 Å². The van der Waals surface area contributed by atoms with Crippen molar-refractivity contribution in [2.75, 3.05) is 7.11 Å². The Morgan fingerprint density at radius 3 is 2.68 bits per heavy atom. The summed E-state index contributed by atoms with van der Waals surface area (Å²) in [5.74, 6) is 1.74. The molecule has 0 N–H and O–H groups in total. The van der Waals surface area contributed by atoms with Crippen LogP contribution in [0.15, 0.2) is 42.6 Å². The van der Waals surface area contributed by atoms with E-state index in [1.165, 1.54) is 13.5 Å². The molecule has 0 amide bonds. The van der Waals surface area contributed by atoms with Crippen LogP contribution in [-0.4, -0.2) is 36.9 Å². The number of carbonyl (C=O) groups excluding carboxylic acids is 1. The van der Waals surface area contributed by atoms with Gasteiger partial charge in [0.2, 0.25) is 0 Å². The van der Waals surface area contributed by atoms with Crippen LogP contribution in [0.2, 0.25) is 5.82 Å². The third kappa shape index (κ3) is 3.31. The highest BCUT2D eigenvalue weighted by atomic mass is 16.7. The van der Waals surface area contributed by atoms with E-state index in [2.05, 4.69) is 25.8 Å². The predicted molar refractivity (Wildman–Crippen MR) is 128 cm³/mol. The van der Waals surface area contributed by atoms with Gasteiger partial charge in [0.15, 0.2) is 11.4 Å². The van der Waals surface area contributed by atoms with Gasteiger partial charge in [-0.2, -0.15) is 0 Å². The molecule has 6 atom stereocenters. The minimum Gasteiger partial charge on any atom is -0.486 e. The van der Waals surface area contributed by atoms with Crippen molar-refractivity contribution >= 4 is 13.1 Å². The Labute approximate surface area is 201 Å². The Balaban J connectivity index is 1.23. The zero-order valence-corrected chi connectivity index (χ0v) is 20.3. The summed E-state index contributed by atoms with van der Waals surface area (Å²) >= 11 is 0. The molecule has 5 fully saturated rings. The van der Waals surface area contributed by atoms with Gasteiger partial charge in [0.05, 0.1) is 18.8 Å². The molecule has 2 aromatic rings. The first-order valence-corrected chi connectivity index (χ1v) is 12.4. The van der Waals surface area contributed by atoms with Gasteiger partial charge in [-0.3, -0.25) is 0 Å². The van der Waals surface area contributed by atoms with Gasteiger partial charge < -0.3 is 18.8 Å². The van der Waals surface area contributed by atoms with E-state index < -0.39 is 5.97 Å². The van der Waals surface area contributed by atoms with Gasteiger partial charge in [-0.15, -0.1) is 0 Å². The van der Waals surface area contributed by atoms with Crippen LogP contribution in [0.3, 0.4) is 0 Å². The van der Waals surface area contributed by atoms with Gasteiger partial charge in [0.1, 0.15) is 6.61 Å². The Morgan fingerprint density at radius 2 is 1.94 bits per heavy atom. The Morgan fingerprint density at radius 1 is 1.15 bits per heavy atom. The minimum absolute atomic E-state index is 0.174. The van der Waals surface area contributed by atoms with E-state index in [9.17, 15) is 4.79 Å². The van der Waals surface area contributed by atoms with Crippen LogP contribution in [0.1, 0.15) is 67.6 Å². The number of carbonyl (C=O) groups is 1. The van der Waals surface area contributed by atoms with Crippen molar-refractivity contribution < 1.29 is 23.6 Å². The number of hydrogen-bond acceptors (Lipinski definition) is 6. The van der Waals surface area contributed by atoms with Gasteiger partial charge in [0.25, 0.3) is 0 Å². The lowest BCUT2D eigenvalue weighted by molar-refractivity contribution is -0.199. The van der Waals surface area contributed by atoms with Crippen molar-refractivity contribution in [3.05, 3.63) is 59.4 Å². The summed E-state index contributed by atoms with van der Waals surface area (Å²) in [6.07, 6.45) is 5.11. The standard InChI is InChI=1S/C27H32BNO5/c1-26(2)17-12-21(26)27(3)22(13-17)33-28(34-27)20-14-19(20)18-10-11-29-23(25(30)31-4)24(18)32-15-16-8-6-5-7-9-16/h5-11,17,19-22H,12-15H2,1-4H3/t17?,19-,20-,21+,22?,27+/m1/s1. The molecule has 4 saturated carbocycles. The van der Waals surface area contributed by atoms with Crippen LogP contribution in [0.5, 0.6) is 5.75 Å². The van der Waals surface area contributed by atoms with E-state index in [0.29, 0.717) is 23.7 Å². The van der Waals surface area contributed by atoms with Gasteiger partial charge in [-0.25, -0.2) is 9.78 Å². The van der Waals surface area contributed by atoms with E-state index in [1.54, 1.807) is 6.20 Å². The molecule has 2 unspecified atom stereocenters. The number of pyridine rings is 1. The molecule has 0 radical (unpaired) electrons. The lowest BCUT2D eigenvalue weighted by Crippen LogP contribution is -2.65. The lowest BCUT2D eigenvalue weighted by atomic mass is 9.43. The van der Waals surface area contributed by atoms with Gasteiger partial charge in [0, 0.05) is 17.6 Å². The Hall–Kier alpha value is -2.38. The average Bonchev–Trinajstić information content (AvgIpc) is 3.56. The quantitative estimate of drug-likeness (QED) is 0.444. The van der Waals surface area contributed by atoms with Gasteiger partial charge in [-0.05, 0) is 61.0 Å². The zero-order valence-electron chi connectivity index (χ0n) is 20.3. The third-order valence-corrected chi connectivity index (χ3v) is 9.10. The van der Waals surface area contributed by atoms with E-state index in [-0.39, 0.29) is 36.3 Å². The largest absolute Gasteiger partial charge is 0.486 e. The Bertz CT molecular complexity index is 1110. The smallest absolute Gasteiger partial charge is 0.461 e. The molecule has 178 valence electrons. The summed E-state index contributed by atoms with van der Waals surface area (Å²) in [7, 11) is 1.15. The SMILES string of the molecule is COC(=O)c1nccc([C@H]2C[C@H]2B2OC3CC4C[C@@H](C4(C)C)[C@]3(C)O2)c1OCc1ccccc1. The Kier molecular flexibility index (Phi) is 5.09. The highest BCUT2D eigenvalue weighted by Crippen LogP contribution is 2.68. The fourth-order valence-electron chi connectivity index (χ4n) is 6.83. The summed E-state index contributed by atoms with van der Waals surface area (Å²) in [5.41, 5.74) is 2.34. The van der Waals surface area contributed by atoms with Gasteiger partial charge in [-0.1, -0.05) is 44.2 Å². The molecule has 6 nitrogen and oxygen atoms in total. The number of methoxy groups -OCH3 is 1. The zero-order chi connectivity index (χ0) is 23.7. The first-order valence-electron chi connectivity index (χ1n) is 12.4. The summed E-state index contributed by atoms with van der Waals surface area (Å²) in [6.45, 7) is 7.37. The number of ether oxygens (including phenoxy) is 2. The van der Waals surface area contributed by atoms with Crippen LogP contribution in [0, 0.1) is 17.3 Å². The van der Waals surface area contributed by atoms with E-state index in [0.717, 1.165) is 29.9 Å². The third-order valence-electron chi connectivity index (χ3n) is 9.10. The minimum atomic E-state index is -0.490. The molecule has 0 spiro atoms. The van der Waals surface area contributed by atoms with Crippen LogP contribution < -0.4 is 4.74 Å². The maximum absolute atomic E-state index is 12.5. The first kappa shape index (κ1) is 22.1. The van der Waals surface area contributed by atoms with Crippen LogP contribution in [0.4, 0.5) is 0 Å². The highest BCUT2D eigenvalue weighted by molar-refractivity contribution is 6.49. The second-order valence-corrected chi connectivity index (χ2v) is 11.2. The second-order valence-electron chi connectivity index (χ2n) is 11.2. The van der Waals surface area contributed by atoms with Crippen molar-refractivity contribution in [3.8, 4) is 5.75 Å². The molecule has 2 heterocycles. The van der Waals surface area contributed by atoms with E-state index >= 15 is 0 Å². The number of rotatable bonds is 6. The molecule has 4 aliphatic carbocycles. The molecule has 7 rings (SSSR count). The number of esters is 1. The average molecular weight is 461 g/mol. The topological polar surface area (TPSA) is 66.9 Å². The fraction of sp³-hybridized carbons (Fsp3) is 0.556. The van der Waals surface area contributed by atoms with Crippen molar-refractivity contribution in [3.63, 3.8) is 0 Å². The molecular weight excluding hydrogens is 429 g/mol. The van der Waals surface area contributed by atoms with E-state index in [4.69, 9.17) is 18.8 Å². The highest BCUT2D eigenvalue weighted by Gasteiger charge is 2.70. The summed E-state index contributed by atoms with van der Waals surface area (Å²) < 4.78 is 24.5. The molecular formula is C27H32BNO5. The normalized spacial score (nSPS) is 34.7. The fourth-order valence-corrected chi connectivity index (χ4v) is 6.83. The summed E-state index contributed by atoms with van der Waals surface area (Å²) in [4.78, 5) is 16.8. The van der Waals surface area contributed by atoms with Gasteiger partial charge >= 0.3 is 13.1 Å². The molecule has 1 aromatic carbocycles. The first-order chi connectivity index (χ1) is 16.3. The van der Waals surface area contributed by atoms with Crippen molar-refractivity contribution in [2.45, 2.75) is 70.1 Å². The molecule has 5 aliphatic rings. The predicted octanol–water partition coefficient (Wildman–Crippen LogP) is 5.03. The lowest BCUT2D eigenvalue weighted by Gasteiger charge is -2.64. The molecule has 7 heteroatoms. The monoisotopic (exact) mass is 461 g/mol. The second kappa shape index (κ2) is 7.82. The van der Waals surface area contributed by atoms with Crippen molar-refractivity contribution in [2.24, 2.45) is 17.3 Å². The number of nitrogens with zero attached hydrogens (tertiary/aromatic N) is 1. The maximum atomic E-state index is 12.5. The molecule has 34 heavy (non-hydrogen) atoms. The van der Waals surface area contributed by atoms with E-state index in [1.807, 2.05) is 36.4 Å². The molecule has 1 aliphatic heterocycles. The molecule has 1 aromatic heterocycles. The van der Waals surface area contributed by atoms with Crippen molar-refractivity contribution in [1.29, 1.82) is 0 Å². The number of hydrogen-bond donors (Lipinski definition) is 0. The molecule has 2 bridgehead atoms. The van der Waals surface area contributed by atoms with Crippen molar-refractivity contribution in [1.82, 2.24) is 4.98 Å². The summed E-state index contributed by atoms with van der Waals surface area (Å²) in [5, 5.41) is 0. The molecule has 1 saturated heterocycles. The van der Waals surface area contributed by atoms with Crippen LogP contribution in [0.25, 0.3) is 0 Å². The number of benzene rings is 1. The van der Waals surface area contributed by atoms with Crippen LogP contribution in [-0.2, 0) is 20.7 Å². The maximum Gasteiger partial charge on any atom is 0.461 e. The summed E-state index contributed by atoms with van der Waals surface area (Å²) in [6, 6.07) is 11.9.